The van der Waals surface area contributed by atoms with E-state index in [4.69, 9.17) is 0 Å². The normalized spacial score (nSPS) is 13.0. The lowest BCUT2D eigenvalue weighted by atomic mass is 10.1. The molecule has 0 radical (unpaired) electrons. The Balaban J connectivity index is 2.41. The second kappa shape index (κ2) is 7.81. The number of nitrogens with zero attached hydrogens (tertiary/aromatic N) is 2. The van der Waals surface area contributed by atoms with E-state index in [-0.39, 0.29) is 24.0 Å². The molecule has 0 bridgehead atoms. The number of nitrogens with one attached hydrogen (secondary N) is 2. The smallest absolute Gasteiger partial charge is 0.394 e. The van der Waals surface area contributed by atoms with E-state index in [0.29, 0.717) is 6.07 Å². The van der Waals surface area contributed by atoms with Gasteiger partial charge in [0.1, 0.15) is 17.5 Å². The second-order valence-electron chi connectivity index (χ2n) is 5.89. The van der Waals surface area contributed by atoms with Gasteiger partial charge in [-0.3, -0.25) is 0 Å². The molecule has 5 nitrogen and oxygen atoms in total. The monoisotopic (exact) mass is 376 g/mol. The summed E-state index contributed by atoms with van der Waals surface area (Å²) in [6.45, 7) is 3.16. The van der Waals surface area contributed by atoms with Crippen LogP contribution in [0.1, 0.15) is 19.5 Å². The summed E-state index contributed by atoms with van der Waals surface area (Å²) in [5, 5.41) is 14.2. The zero-order valence-electron chi connectivity index (χ0n) is 13.9. The fourth-order valence-electron chi connectivity index (χ4n) is 2.04. The Kier molecular flexibility index (Phi) is 5.96. The van der Waals surface area contributed by atoms with Crippen molar-refractivity contribution in [3.8, 4) is 0 Å². The zero-order valence-corrected chi connectivity index (χ0v) is 13.9. The summed E-state index contributed by atoms with van der Waals surface area (Å²) in [4.78, 5) is 7.24. The summed E-state index contributed by atoms with van der Waals surface area (Å²) in [6, 6.07) is 2.51. The largest absolute Gasteiger partial charge is 0.433 e. The number of alkyl halides is 3. The SMILES string of the molecule is CC(C)[C@H](CO)Nc1nc(Nc2cc(F)ccc2F)cc(C(F)(F)F)n1. The summed E-state index contributed by atoms with van der Waals surface area (Å²) in [6.07, 6.45) is -4.77. The van der Waals surface area contributed by atoms with Gasteiger partial charge in [-0.2, -0.15) is 18.2 Å². The Morgan fingerprint density at radius 1 is 1.12 bits per heavy atom. The molecule has 2 rings (SSSR count). The highest BCUT2D eigenvalue weighted by atomic mass is 19.4. The van der Waals surface area contributed by atoms with Crippen molar-refractivity contribution in [2.45, 2.75) is 26.1 Å². The molecule has 1 heterocycles. The van der Waals surface area contributed by atoms with Gasteiger partial charge in [0.05, 0.1) is 18.3 Å². The number of aromatic nitrogens is 2. The van der Waals surface area contributed by atoms with Crippen molar-refractivity contribution in [3.63, 3.8) is 0 Å². The average molecular weight is 376 g/mol. The lowest BCUT2D eigenvalue weighted by Gasteiger charge is -2.21. The molecular weight excluding hydrogens is 359 g/mol. The molecule has 1 aromatic carbocycles. The maximum atomic E-state index is 13.7. The van der Waals surface area contributed by atoms with Crippen LogP contribution in [0.15, 0.2) is 24.3 Å². The summed E-state index contributed by atoms with van der Waals surface area (Å²) in [5.41, 5.74) is -1.64. The Morgan fingerprint density at radius 2 is 1.81 bits per heavy atom. The van der Waals surface area contributed by atoms with Crippen LogP contribution in [0.5, 0.6) is 0 Å². The van der Waals surface area contributed by atoms with Crippen molar-refractivity contribution in [1.82, 2.24) is 9.97 Å². The van der Waals surface area contributed by atoms with Crippen molar-refractivity contribution in [2.75, 3.05) is 17.2 Å². The molecule has 2 aromatic rings. The molecule has 0 amide bonds. The van der Waals surface area contributed by atoms with Gasteiger partial charge < -0.3 is 15.7 Å². The van der Waals surface area contributed by atoms with E-state index in [2.05, 4.69) is 20.6 Å². The number of anilines is 3. The van der Waals surface area contributed by atoms with Gasteiger partial charge in [0, 0.05) is 12.1 Å². The van der Waals surface area contributed by atoms with E-state index >= 15 is 0 Å². The minimum atomic E-state index is -4.77. The third-order valence-corrected chi connectivity index (χ3v) is 3.52. The Labute approximate surface area is 146 Å². The van der Waals surface area contributed by atoms with Gasteiger partial charge in [0.25, 0.3) is 0 Å². The van der Waals surface area contributed by atoms with Crippen LogP contribution in [-0.4, -0.2) is 27.7 Å². The minimum Gasteiger partial charge on any atom is -0.394 e. The summed E-state index contributed by atoms with van der Waals surface area (Å²) in [7, 11) is 0. The van der Waals surface area contributed by atoms with Gasteiger partial charge in [0.2, 0.25) is 5.95 Å². The number of hydrogen-bond donors (Lipinski definition) is 3. The van der Waals surface area contributed by atoms with Crippen LogP contribution in [0.25, 0.3) is 0 Å². The topological polar surface area (TPSA) is 70.1 Å². The maximum absolute atomic E-state index is 13.7. The molecule has 0 fully saturated rings. The van der Waals surface area contributed by atoms with Crippen LogP contribution in [0.2, 0.25) is 0 Å². The minimum absolute atomic E-state index is 0.116. The first kappa shape index (κ1) is 19.8. The Bertz CT molecular complexity index is 767. The maximum Gasteiger partial charge on any atom is 0.433 e. The molecule has 3 N–H and O–H groups in total. The lowest BCUT2D eigenvalue weighted by molar-refractivity contribution is -0.141. The van der Waals surface area contributed by atoms with Gasteiger partial charge in [0.15, 0.2) is 5.69 Å². The van der Waals surface area contributed by atoms with E-state index in [1.54, 1.807) is 13.8 Å². The number of aliphatic hydroxyl groups is 1. The summed E-state index contributed by atoms with van der Waals surface area (Å²) in [5.74, 6) is -2.51. The molecule has 1 atom stereocenters. The third-order valence-electron chi connectivity index (χ3n) is 3.52. The average Bonchev–Trinajstić information content (AvgIpc) is 2.54. The number of aliphatic hydroxyl groups excluding tert-OH is 1. The number of halogens is 5. The molecule has 0 unspecified atom stereocenters. The number of rotatable bonds is 6. The molecule has 0 spiro atoms. The Morgan fingerprint density at radius 3 is 2.38 bits per heavy atom. The van der Waals surface area contributed by atoms with Gasteiger partial charge in [-0.15, -0.1) is 0 Å². The molecule has 0 saturated carbocycles. The molecule has 0 saturated heterocycles. The molecular formula is C16H17F5N4O. The van der Waals surface area contributed by atoms with E-state index in [1.807, 2.05) is 0 Å². The summed E-state index contributed by atoms with van der Waals surface area (Å²) < 4.78 is 66.2. The number of hydrogen-bond acceptors (Lipinski definition) is 5. The van der Waals surface area contributed by atoms with Gasteiger partial charge in [-0.05, 0) is 18.1 Å². The quantitative estimate of drug-likeness (QED) is 0.666. The first-order valence-corrected chi connectivity index (χ1v) is 7.66. The number of benzene rings is 1. The standard InChI is InChI=1S/C16H17F5N4O/c1-8(2)12(7-26)23-15-24-13(16(19,20)21)6-14(25-15)22-11-5-9(17)3-4-10(11)18/h3-6,8,12,26H,7H2,1-2H3,(H2,22,23,24,25)/t12-/m0/s1. The van der Waals surface area contributed by atoms with Crippen molar-refractivity contribution in [3.05, 3.63) is 41.6 Å². The van der Waals surface area contributed by atoms with E-state index in [1.165, 1.54) is 0 Å². The second-order valence-corrected chi connectivity index (χ2v) is 5.89. The lowest BCUT2D eigenvalue weighted by Crippen LogP contribution is -2.30. The van der Waals surface area contributed by atoms with Crippen LogP contribution in [0.4, 0.5) is 39.4 Å². The molecule has 142 valence electrons. The van der Waals surface area contributed by atoms with Gasteiger partial charge >= 0.3 is 6.18 Å². The fraction of sp³-hybridized carbons (Fsp3) is 0.375. The van der Waals surface area contributed by atoms with Crippen molar-refractivity contribution in [2.24, 2.45) is 5.92 Å². The molecule has 10 heteroatoms. The predicted molar refractivity (Wildman–Crippen MR) is 86.0 cm³/mol. The van der Waals surface area contributed by atoms with E-state index in [9.17, 15) is 27.1 Å². The summed E-state index contributed by atoms with van der Waals surface area (Å²) >= 11 is 0. The van der Waals surface area contributed by atoms with Crippen LogP contribution < -0.4 is 10.6 Å². The third kappa shape index (κ3) is 5.01. The van der Waals surface area contributed by atoms with Crippen molar-refractivity contribution < 1.29 is 27.1 Å². The van der Waals surface area contributed by atoms with Crippen LogP contribution >= 0.6 is 0 Å². The molecule has 1 aromatic heterocycles. The van der Waals surface area contributed by atoms with Gasteiger partial charge in [-0.1, -0.05) is 13.8 Å². The van der Waals surface area contributed by atoms with Crippen LogP contribution in [0.3, 0.4) is 0 Å². The van der Waals surface area contributed by atoms with Crippen molar-refractivity contribution >= 4 is 17.5 Å². The molecule has 0 aliphatic carbocycles. The van der Waals surface area contributed by atoms with Crippen molar-refractivity contribution in [1.29, 1.82) is 0 Å². The first-order chi connectivity index (χ1) is 12.1. The Hall–Kier alpha value is -2.49. The van der Waals surface area contributed by atoms with Gasteiger partial charge in [-0.25, -0.2) is 13.8 Å². The fourth-order valence-corrected chi connectivity index (χ4v) is 2.04. The molecule has 0 aliphatic rings. The molecule has 0 aliphatic heterocycles. The predicted octanol–water partition coefficient (Wildman–Crippen LogP) is 3.95. The highest BCUT2D eigenvalue weighted by molar-refractivity contribution is 5.58. The zero-order chi connectivity index (χ0) is 19.5. The highest BCUT2D eigenvalue weighted by Crippen LogP contribution is 2.31. The van der Waals surface area contributed by atoms with Crippen LogP contribution in [-0.2, 0) is 6.18 Å². The van der Waals surface area contributed by atoms with Crippen LogP contribution in [0, 0.1) is 17.6 Å². The highest BCUT2D eigenvalue weighted by Gasteiger charge is 2.34. The molecule has 26 heavy (non-hydrogen) atoms. The first-order valence-electron chi connectivity index (χ1n) is 7.66. The van der Waals surface area contributed by atoms with E-state index < -0.39 is 35.5 Å². The van der Waals surface area contributed by atoms with E-state index in [0.717, 1.165) is 18.2 Å².